The van der Waals surface area contributed by atoms with Crippen LogP contribution in [0.5, 0.6) is 0 Å². The van der Waals surface area contributed by atoms with Gasteiger partial charge < -0.3 is 4.74 Å². The van der Waals surface area contributed by atoms with E-state index in [1.54, 1.807) is 13.0 Å². The molecule has 1 aliphatic rings. The average Bonchev–Trinajstić information content (AvgIpc) is 2.37. The van der Waals surface area contributed by atoms with Gasteiger partial charge in [0.05, 0.1) is 12.2 Å². The predicted octanol–water partition coefficient (Wildman–Crippen LogP) is 3.87. The van der Waals surface area contributed by atoms with Crippen LogP contribution >= 0.6 is 0 Å². The average molecular weight is 250 g/mol. The molecule has 1 aromatic carbocycles. The van der Waals surface area contributed by atoms with Crippen molar-refractivity contribution >= 4 is 5.97 Å². The number of carbonyl (C=O) groups is 1. The van der Waals surface area contributed by atoms with Crippen LogP contribution in [0.4, 0.5) is 4.39 Å². The summed E-state index contributed by atoms with van der Waals surface area (Å²) in [5, 5.41) is 0. The summed E-state index contributed by atoms with van der Waals surface area (Å²) in [7, 11) is 0. The monoisotopic (exact) mass is 250 g/mol. The molecule has 2 nitrogen and oxygen atoms in total. The number of halogens is 1. The molecule has 0 bridgehead atoms. The van der Waals surface area contributed by atoms with Crippen LogP contribution < -0.4 is 0 Å². The number of benzene rings is 1. The standard InChI is InChI=1S/C15H19FO2/c1-11-7-8-13(14(16)9-11)15(17)18-10-12-5-3-2-4-6-12/h7-9,12H,2-6,10H2,1H3. The second-order valence-electron chi connectivity index (χ2n) is 5.09. The number of hydrogen-bond donors (Lipinski definition) is 0. The summed E-state index contributed by atoms with van der Waals surface area (Å²) < 4.78 is 18.8. The van der Waals surface area contributed by atoms with Gasteiger partial charge in [-0.15, -0.1) is 0 Å². The summed E-state index contributed by atoms with van der Waals surface area (Å²) in [4.78, 5) is 11.8. The fourth-order valence-corrected chi connectivity index (χ4v) is 2.41. The highest BCUT2D eigenvalue weighted by molar-refractivity contribution is 5.89. The minimum absolute atomic E-state index is 0.0383. The van der Waals surface area contributed by atoms with Crippen molar-refractivity contribution in [1.82, 2.24) is 0 Å². The van der Waals surface area contributed by atoms with Crippen molar-refractivity contribution in [2.45, 2.75) is 39.0 Å². The maximum atomic E-state index is 13.6. The van der Waals surface area contributed by atoms with Gasteiger partial charge in [0.25, 0.3) is 0 Å². The zero-order valence-electron chi connectivity index (χ0n) is 10.7. The van der Waals surface area contributed by atoms with Gasteiger partial charge in [-0.1, -0.05) is 25.3 Å². The molecule has 0 atom stereocenters. The van der Waals surface area contributed by atoms with Crippen LogP contribution in [0, 0.1) is 18.7 Å². The molecule has 0 spiro atoms. The number of hydrogen-bond acceptors (Lipinski definition) is 2. The van der Waals surface area contributed by atoms with Crippen molar-refractivity contribution in [2.75, 3.05) is 6.61 Å². The molecule has 1 aliphatic carbocycles. The Hall–Kier alpha value is -1.38. The molecule has 0 heterocycles. The highest BCUT2D eigenvalue weighted by atomic mass is 19.1. The Kier molecular flexibility index (Phi) is 4.34. The first-order valence-corrected chi connectivity index (χ1v) is 6.60. The van der Waals surface area contributed by atoms with Gasteiger partial charge in [-0.05, 0) is 43.4 Å². The van der Waals surface area contributed by atoms with Gasteiger partial charge in [0, 0.05) is 0 Å². The van der Waals surface area contributed by atoms with Crippen molar-refractivity contribution in [1.29, 1.82) is 0 Å². The van der Waals surface area contributed by atoms with E-state index < -0.39 is 11.8 Å². The SMILES string of the molecule is Cc1ccc(C(=O)OCC2CCCCC2)c(F)c1. The fraction of sp³-hybridized carbons (Fsp3) is 0.533. The lowest BCUT2D eigenvalue weighted by atomic mass is 9.90. The Morgan fingerprint density at radius 2 is 2.06 bits per heavy atom. The first-order chi connectivity index (χ1) is 8.66. The van der Waals surface area contributed by atoms with E-state index in [2.05, 4.69) is 0 Å². The van der Waals surface area contributed by atoms with Crippen LogP contribution in [0.1, 0.15) is 48.0 Å². The number of carbonyl (C=O) groups excluding carboxylic acids is 1. The normalized spacial score (nSPS) is 16.6. The van der Waals surface area contributed by atoms with Gasteiger partial charge in [-0.2, -0.15) is 0 Å². The lowest BCUT2D eigenvalue weighted by Gasteiger charge is -2.21. The molecule has 18 heavy (non-hydrogen) atoms. The molecular formula is C15H19FO2. The molecule has 2 rings (SSSR count). The van der Waals surface area contributed by atoms with E-state index in [0.717, 1.165) is 18.4 Å². The van der Waals surface area contributed by atoms with Gasteiger partial charge in [-0.25, -0.2) is 9.18 Å². The number of aryl methyl sites for hydroxylation is 1. The van der Waals surface area contributed by atoms with E-state index in [0.29, 0.717) is 12.5 Å². The van der Waals surface area contributed by atoms with Crippen molar-refractivity contribution in [3.8, 4) is 0 Å². The van der Waals surface area contributed by atoms with Crippen molar-refractivity contribution in [3.63, 3.8) is 0 Å². The summed E-state index contributed by atoms with van der Waals surface area (Å²) in [5.41, 5.74) is 0.840. The molecule has 0 radical (unpaired) electrons. The Morgan fingerprint density at radius 1 is 1.33 bits per heavy atom. The summed E-state index contributed by atoms with van der Waals surface area (Å²) in [6.45, 7) is 2.21. The van der Waals surface area contributed by atoms with Crippen LogP contribution in [0.25, 0.3) is 0 Å². The molecule has 0 aliphatic heterocycles. The number of ether oxygens (including phenoxy) is 1. The lowest BCUT2D eigenvalue weighted by molar-refractivity contribution is 0.0405. The molecule has 3 heteroatoms. The van der Waals surface area contributed by atoms with Crippen LogP contribution in [0.3, 0.4) is 0 Å². The van der Waals surface area contributed by atoms with Crippen LogP contribution in [-0.2, 0) is 4.74 Å². The maximum absolute atomic E-state index is 13.6. The van der Waals surface area contributed by atoms with E-state index >= 15 is 0 Å². The Bertz CT molecular complexity index is 423. The largest absolute Gasteiger partial charge is 0.462 e. The second kappa shape index (κ2) is 5.98. The van der Waals surface area contributed by atoms with Crippen molar-refractivity contribution in [2.24, 2.45) is 5.92 Å². The topological polar surface area (TPSA) is 26.3 Å². The zero-order valence-corrected chi connectivity index (χ0v) is 10.7. The van der Waals surface area contributed by atoms with E-state index in [9.17, 15) is 9.18 Å². The highest BCUT2D eigenvalue weighted by Gasteiger charge is 2.18. The molecule has 1 aromatic rings. The first kappa shape index (κ1) is 13.1. The third-order valence-electron chi connectivity index (χ3n) is 3.52. The van der Waals surface area contributed by atoms with E-state index in [1.807, 2.05) is 0 Å². The van der Waals surface area contributed by atoms with Gasteiger partial charge in [0.1, 0.15) is 5.82 Å². The molecule has 1 fully saturated rings. The number of rotatable bonds is 3. The van der Waals surface area contributed by atoms with Gasteiger partial charge in [0.2, 0.25) is 0 Å². The lowest BCUT2D eigenvalue weighted by Crippen LogP contribution is -2.17. The van der Waals surface area contributed by atoms with Crippen LogP contribution in [0.15, 0.2) is 18.2 Å². The molecule has 0 aromatic heterocycles. The summed E-state index contributed by atoms with van der Waals surface area (Å²) in [6.07, 6.45) is 5.92. The molecule has 1 saturated carbocycles. The predicted molar refractivity (Wildman–Crippen MR) is 68.0 cm³/mol. The van der Waals surface area contributed by atoms with Crippen LogP contribution in [-0.4, -0.2) is 12.6 Å². The quantitative estimate of drug-likeness (QED) is 0.761. The number of esters is 1. The summed E-state index contributed by atoms with van der Waals surface area (Å²) in [6, 6.07) is 4.57. The van der Waals surface area contributed by atoms with E-state index in [1.165, 1.54) is 31.4 Å². The van der Waals surface area contributed by atoms with E-state index in [4.69, 9.17) is 4.74 Å². The minimum atomic E-state index is -0.543. The third kappa shape index (κ3) is 3.31. The zero-order chi connectivity index (χ0) is 13.0. The van der Waals surface area contributed by atoms with Gasteiger partial charge in [0.15, 0.2) is 0 Å². The summed E-state index contributed by atoms with van der Waals surface area (Å²) in [5.74, 6) is -0.585. The van der Waals surface area contributed by atoms with Crippen molar-refractivity contribution in [3.05, 3.63) is 35.1 Å². The molecular weight excluding hydrogens is 231 g/mol. The molecule has 0 unspecified atom stereocenters. The minimum Gasteiger partial charge on any atom is -0.462 e. The molecule has 98 valence electrons. The molecule has 0 amide bonds. The fourth-order valence-electron chi connectivity index (χ4n) is 2.41. The third-order valence-corrected chi connectivity index (χ3v) is 3.52. The molecule has 0 N–H and O–H groups in total. The van der Waals surface area contributed by atoms with Gasteiger partial charge >= 0.3 is 5.97 Å². The van der Waals surface area contributed by atoms with Crippen molar-refractivity contribution < 1.29 is 13.9 Å². The Labute approximate surface area is 107 Å². The van der Waals surface area contributed by atoms with E-state index in [-0.39, 0.29) is 5.56 Å². The smallest absolute Gasteiger partial charge is 0.341 e. The van der Waals surface area contributed by atoms with Gasteiger partial charge in [-0.3, -0.25) is 0 Å². The Morgan fingerprint density at radius 3 is 2.72 bits per heavy atom. The summed E-state index contributed by atoms with van der Waals surface area (Å²) >= 11 is 0. The maximum Gasteiger partial charge on any atom is 0.341 e. The highest BCUT2D eigenvalue weighted by Crippen LogP contribution is 2.24. The van der Waals surface area contributed by atoms with Crippen LogP contribution in [0.2, 0.25) is 0 Å². The first-order valence-electron chi connectivity index (χ1n) is 6.60. The second-order valence-corrected chi connectivity index (χ2v) is 5.09. The Balaban J connectivity index is 1.90. The molecule has 0 saturated heterocycles.